The molecule has 2 amide bonds. The first kappa shape index (κ1) is 65.6. The third-order valence-electron chi connectivity index (χ3n) is 10.3. The Bertz CT molecular complexity index is 1920. The Morgan fingerprint density at radius 1 is 0.681 bits per heavy atom. The van der Waals surface area contributed by atoms with Gasteiger partial charge in [0.2, 0.25) is 5.91 Å². The number of likely N-dealkylation sites (N-methyl/N-ethyl adjacent to an activating group) is 2. The normalized spacial score (nSPS) is 16.0. The van der Waals surface area contributed by atoms with Gasteiger partial charge in [-0.05, 0) is 57.5 Å². The number of nitrogens with one attached hydrogen (secondary N) is 2. The van der Waals surface area contributed by atoms with E-state index in [1.54, 1.807) is 12.1 Å². The quantitative estimate of drug-likeness (QED) is 0.0347. The molecule has 4 atom stereocenters. The van der Waals surface area contributed by atoms with E-state index in [2.05, 4.69) is 20.4 Å². The van der Waals surface area contributed by atoms with Gasteiger partial charge in [-0.3, -0.25) is 47.9 Å². The van der Waals surface area contributed by atoms with Crippen molar-refractivity contribution in [3.8, 4) is 0 Å². The molecule has 28 heteroatoms. The fourth-order valence-electron chi connectivity index (χ4n) is 6.38. The molecule has 0 aromatic heterocycles. The summed E-state index contributed by atoms with van der Waals surface area (Å²) in [7, 11) is -0.552. The fourth-order valence-corrected chi connectivity index (χ4v) is 7.78. The molecule has 1 aromatic carbocycles. The molecule has 0 bridgehead atoms. The molecule has 26 nitrogen and oxygen atoms in total. The number of carbonyl (C=O) groups is 8. The first-order valence-corrected chi connectivity index (χ1v) is 22.8. The molecule has 2 rings (SSSR count). The molecule has 1 saturated heterocycles. The van der Waals surface area contributed by atoms with Crippen molar-refractivity contribution in [2.24, 2.45) is 11.8 Å². The average Bonchev–Trinajstić information content (AvgIpc) is 3.25. The summed E-state index contributed by atoms with van der Waals surface area (Å²) >= 11 is 0. The van der Waals surface area contributed by atoms with Gasteiger partial charge in [0.25, 0.3) is 5.91 Å². The van der Waals surface area contributed by atoms with Crippen LogP contribution in [-0.4, -0.2) is 234 Å². The molecule has 0 saturated carbocycles. The summed E-state index contributed by atoms with van der Waals surface area (Å²) in [5, 5.41) is 51.9. The number of amides is 2. The van der Waals surface area contributed by atoms with Crippen molar-refractivity contribution in [2.75, 3.05) is 98.9 Å². The van der Waals surface area contributed by atoms with Gasteiger partial charge in [-0.15, -0.1) is 0 Å². The first-order valence-electron chi connectivity index (χ1n) is 21.0. The minimum atomic E-state index is -4.58. The van der Waals surface area contributed by atoms with Gasteiger partial charge in [0.05, 0.1) is 37.7 Å². The van der Waals surface area contributed by atoms with Gasteiger partial charge in [-0.2, -0.15) is 19.2 Å². The van der Waals surface area contributed by atoms with Crippen LogP contribution in [0.3, 0.4) is 0 Å². The molecule has 1 heterocycles. The molecular weight excluding hydrogens is 995 g/mol. The number of rotatable bonds is 26. The predicted octanol–water partition coefficient (Wildman–Crippen LogP) is -2.66. The predicted molar refractivity (Wildman–Crippen MR) is 241 cm³/mol. The Morgan fingerprint density at radius 3 is 1.65 bits per heavy atom. The summed E-state index contributed by atoms with van der Waals surface area (Å²) in [6.45, 7) is 5.05. The van der Waals surface area contributed by atoms with E-state index in [0.717, 1.165) is 31.7 Å². The second kappa shape index (κ2) is 36.5. The van der Waals surface area contributed by atoms with Crippen molar-refractivity contribution in [3.63, 3.8) is 0 Å². The van der Waals surface area contributed by atoms with Crippen molar-refractivity contribution in [3.05, 3.63) is 35.4 Å². The average molecular weight is 1060 g/mol. The fraction of sp³-hybridized carbons (Fsp3) is 0.610. The van der Waals surface area contributed by atoms with Crippen molar-refractivity contribution in [1.29, 1.82) is 0 Å². The van der Waals surface area contributed by atoms with Crippen LogP contribution >= 0.6 is 7.60 Å². The number of carboxylic acid groups (broad SMARTS) is 5. The molecule has 0 spiro atoms. The van der Waals surface area contributed by atoms with Gasteiger partial charge >= 0.3 is 69.5 Å². The molecular formula is C41H64GaN6O20P. The number of benzene rings is 1. The zero-order valence-corrected chi connectivity index (χ0v) is 38.7. The first-order chi connectivity index (χ1) is 32.0. The number of Topliss-reactive ketones (excluding diaryl/α,β-unsaturated/α-hetero) is 1. The van der Waals surface area contributed by atoms with Crippen LogP contribution in [0.1, 0.15) is 54.4 Å². The van der Waals surface area contributed by atoms with Crippen LogP contribution in [-0.2, 0) is 68.2 Å². The van der Waals surface area contributed by atoms with E-state index in [0.29, 0.717) is 39.1 Å². The third-order valence-corrected chi connectivity index (χ3v) is 11.8. The summed E-state index contributed by atoms with van der Waals surface area (Å²) in [5.41, 5.74) is 0.910. The standard InChI is InChI=1S/C39H61N6O16P.2CO2.Ga.3H/c1-42-14-15-43(2)17-19-45(25-35(50)51)21-20-44(18-16-42)24-33(47)40-13-11-27-3-5-28(6-4-27)36(52)41-32(39(57)58)9-8-31(46)23-29(37(53)54)12-22-61-62(59,60)26-30(38(55)56)7-10-34(48)49;2*2-1-3;;;;/h3-6,29-30,32H,7-26H2,1-2H3,(H,40,47)(H,41,52)(H,48,49)(H,50,51)(H,53,54)(H,55,56)(H,57,58)(H,59,60);;;;;;/t29?,30?,32-;;;;;;/m1....../s1/i;;;1-2;;;. The molecule has 0 aliphatic carbocycles. The van der Waals surface area contributed by atoms with E-state index in [1.165, 1.54) is 12.1 Å². The minimum absolute atomic E-state index is 0. The van der Waals surface area contributed by atoms with Crippen LogP contribution in [0.2, 0.25) is 0 Å². The Morgan fingerprint density at radius 2 is 1.17 bits per heavy atom. The van der Waals surface area contributed by atoms with Gasteiger partial charge in [-0.25, -0.2) is 4.79 Å². The van der Waals surface area contributed by atoms with Gasteiger partial charge in [0.1, 0.15) is 11.8 Å². The topological polar surface area (TPSA) is 390 Å². The number of aliphatic carboxylic acids is 5. The number of ketones is 1. The van der Waals surface area contributed by atoms with Crippen LogP contribution in [0, 0.1) is 11.8 Å². The molecule has 1 aliphatic rings. The summed E-state index contributed by atoms with van der Waals surface area (Å²) in [6.07, 6.45) is -2.79. The van der Waals surface area contributed by atoms with Crippen LogP contribution in [0.5, 0.6) is 0 Å². The third kappa shape index (κ3) is 32.1. The Balaban J connectivity index is 0. The van der Waals surface area contributed by atoms with Crippen molar-refractivity contribution in [1.82, 2.24) is 30.2 Å². The summed E-state index contributed by atoms with van der Waals surface area (Å²) < 4.78 is 17.2. The molecule has 1 fully saturated rings. The van der Waals surface area contributed by atoms with Crippen molar-refractivity contribution < 1.29 is 97.0 Å². The molecule has 69 heavy (non-hydrogen) atoms. The van der Waals surface area contributed by atoms with E-state index in [1.807, 2.05) is 23.9 Å². The molecule has 386 valence electrons. The summed E-state index contributed by atoms with van der Waals surface area (Å²) in [4.78, 5) is 147. The molecule has 8 N–H and O–H groups in total. The van der Waals surface area contributed by atoms with Crippen LogP contribution in [0.25, 0.3) is 0 Å². The number of carbonyl (C=O) groups excluding carboxylic acids is 7. The van der Waals surface area contributed by atoms with E-state index >= 15 is 0 Å². The van der Waals surface area contributed by atoms with Crippen LogP contribution in [0.15, 0.2) is 24.3 Å². The monoisotopic (exact) mass is 1060 g/mol. The number of hydrogen-bond donors (Lipinski definition) is 8. The SMILES string of the molecule is CN1CCN(C)CCN(CC(=O)NCCc2ccc(C(=O)N[C@H](CCC(=O)CC(CCOP(=O)(O)CC(CCC(=O)O)C(=O)O)C(=O)O)C(=O)O)cc2)CCN(CC(=O)O)CC1.O=C=O.O=C=O.[68GaH3]. The van der Waals surface area contributed by atoms with Gasteiger partial charge in [-0.1, -0.05) is 12.1 Å². The molecule has 3 unspecified atom stereocenters. The second-order valence-corrected chi connectivity index (χ2v) is 17.5. The maximum absolute atomic E-state index is 12.9. The second-order valence-electron chi connectivity index (χ2n) is 15.6. The van der Waals surface area contributed by atoms with Crippen LogP contribution < -0.4 is 10.6 Å². The number of hydrogen-bond acceptors (Lipinski definition) is 18. The molecule has 0 radical (unpaired) electrons. The zero-order valence-electron chi connectivity index (χ0n) is 37.8. The summed E-state index contributed by atoms with van der Waals surface area (Å²) in [5.74, 6) is -11.1. The van der Waals surface area contributed by atoms with Crippen LogP contribution in [0.4, 0.5) is 0 Å². The maximum atomic E-state index is 12.9. The number of nitrogens with zero attached hydrogens (tertiary/aromatic N) is 4. The van der Waals surface area contributed by atoms with Gasteiger partial charge in [0, 0.05) is 83.7 Å². The molecule has 1 aliphatic heterocycles. The van der Waals surface area contributed by atoms with E-state index < -0.39 is 112 Å². The molecule has 1 aromatic rings. The van der Waals surface area contributed by atoms with E-state index in [9.17, 15) is 68.2 Å². The Labute approximate surface area is 410 Å². The summed E-state index contributed by atoms with van der Waals surface area (Å²) in [6, 6.07) is 4.75. The van der Waals surface area contributed by atoms with Gasteiger partial charge in [0.15, 0.2) is 0 Å². The van der Waals surface area contributed by atoms with E-state index in [4.69, 9.17) is 28.8 Å². The zero-order chi connectivity index (χ0) is 51.8. The Kier molecular flexibility index (Phi) is 34.8. The van der Waals surface area contributed by atoms with Gasteiger partial charge < -0.3 is 55.4 Å². The van der Waals surface area contributed by atoms with E-state index in [-0.39, 0.29) is 63.1 Å². The van der Waals surface area contributed by atoms with Crippen molar-refractivity contribution >= 4 is 87.1 Å². The van der Waals surface area contributed by atoms with Crippen molar-refractivity contribution in [2.45, 2.75) is 51.0 Å². The Hall–Kier alpha value is -5.43. The number of carboxylic acids is 5.